The van der Waals surface area contributed by atoms with Crippen LogP contribution in [0.5, 0.6) is 0 Å². The average molecular weight is 237 g/mol. The van der Waals surface area contributed by atoms with E-state index in [-0.39, 0.29) is 6.42 Å². The number of piperidine rings is 1. The molecule has 0 atom stereocenters. The molecule has 0 unspecified atom stereocenters. The Bertz CT molecular complexity index is 368. The fraction of sp³-hybridized carbons (Fsp3) is 0.750. The van der Waals surface area contributed by atoms with Gasteiger partial charge < -0.3 is 14.2 Å². The van der Waals surface area contributed by atoms with Crippen molar-refractivity contribution < 1.29 is 9.32 Å². The van der Waals surface area contributed by atoms with Crippen molar-refractivity contribution in [2.45, 2.75) is 45.1 Å². The van der Waals surface area contributed by atoms with Crippen LogP contribution in [-0.2, 0) is 11.2 Å². The molecule has 1 saturated heterocycles. The Kier molecular flexibility index (Phi) is 3.89. The van der Waals surface area contributed by atoms with Gasteiger partial charge in [-0.15, -0.1) is 0 Å². The highest BCUT2D eigenvalue weighted by molar-refractivity contribution is 5.52. The van der Waals surface area contributed by atoms with Crippen molar-refractivity contribution in [3.8, 4) is 0 Å². The minimum atomic E-state index is 0.244. The highest BCUT2D eigenvalue weighted by atomic mass is 16.5. The Balaban J connectivity index is 1.93. The highest BCUT2D eigenvalue weighted by Gasteiger charge is 2.25. The zero-order valence-electron chi connectivity index (χ0n) is 10.4. The zero-order valence-corrected chi connectivity index (χ0v) is 10.4. The summed E-state index contributed by atoms with van der Waals surface area (Å²) in [5, 5.41) is 3.80. The van der Waals surface area contributed by atoms with Crippen molar-refractivity contribution in [3.63, 3.8) is 0 Å². The summed E-state index contributed by atoms with van der Waals surface area (Å²) in [5.74, 6) is 1.56. The van der Waals surface area contributed by atoms with Gasteiger partial charge in [-0.3, -0.25) is 0 Å². The van der Waals surface area contributed by atoms with Gasteiger partial charge in [0, 0.05) is 12.0 Å². The average Bonchev–Trinajstić information content (AvgIpc) is 2.78. The van der Waals surface area contributed by atoms with Crippen molar-refractivity contribution in [2.24, 2.45) is 0 Å². The molecule has 0 amide bonds. The SMILES string of the molecule is CC(C)N1CCC(c2nc(CC=O)no2)CC1. The molecule has 1 aliphatic heterocycles. The number of carbonyl (C=O) groups is 1. The maximum Gasteiger partial charge on any atom is 0.229 e. The van der Waals surface area contributed by atoms with E-state index in [1.165, 1.54) is 0 Å². The maximum absolute atomic E-state index is 10.3. The quantitative estimate of drug-likeness (QED) is 0.741. The zero-order chi connectivity index (χ0) is 12.3. The number of carbonyl (C=O) groups excluding carboxylic acids is 1. The van der Waals surface area contributed by atoms with Crippen LogP contribution in [0.1, 0.15) is 44.3 Å². The smallest absolute Gasteiger partial charge is 0.229 e. The monoisotopic (exact) mass is 237 g/mol. The number of aromatic nitrogens is 2. The molecule has 5 nitrogen and oxygen atoms in total. The van der Waals surface area contributed by atoms with E-state index in [1.807, 2.05) is 0 Å². The molecule has 94 valence electrons. The number of hydrogen-bond donors (Lipinski definition) is 0. The van der Waals surface area contributed by atoms with Crippen LogP contribution in [0.3, 0.4) is 0 Å². The molecule has 1 aromatic heterocycles. The molecule has 2 rings (SSSR count). The van der Waals surface area contributed by atoms with Crippen LogP contribution in [0.25, 0.3) is 0 Å². The molecule has 5 heteroatoms. The normalized spacial score (nSPS) is 18.8. The number of rotatable bonds is 4. The third kappa shape index (κ3) is 2.91. The van der Waals surface area contributed by atoms with Gasteiger partial charge in [0.05, 0.1) is 6.42 Å². The first kappa shape index (κ1) is 12.2. The third-order valence-corrected chi connectivity index (χ3v) is 3.36. The van der Waals surface area contributed by atoms with Gasteiger partial charge in [-0.2, -0.15) is 4.98 Å². The lowest BCUT2D eigenvalue weighted by Crippen LogP contribution is -2.37. The number of nitrogens with zero attached hydrogens (tertiary/aromatic N) is 3. The molecule has 0 spiro atoms. The Morgan fingerprint density at radius 3 is 2.76 bits per heavy atom. The molecule has 1 fully saturated rings. The molecular weight excluding hydrogens is 218 g/mol. The Morgan fingerprint density at radius 2 is 2.18 bits per heavy atom. The first-order valence-electron chi connectivity index (χ1n) is 6.21. The van der Waals surface area contributed by atoms with Gasteiger partial charge in [0.2, 0.25) is 5.89 Å². The van der Waals surface area contributed by atoms with E-state index < -0.39 is 0 Å². The molecular formula is C12H19N3O2. The van der Waals surface area contributed by atoms with E-state index >= 15 is 0 Å². The van der Waals surface area contributed by atoms with Crippen LogP contribution in [0.2, 0.25) is 0 Å². The van der Waals surface area contributed by atoms with Gasteiger partial charge in [0.25, 0.3) is 0 Å². The van der Waals surface area contributed by atoms with E-state index in [4.69, 9.17) is 4.52 Å². The van der Waals surface area contributed by atoms with Crippen LogP contribution in [0, 0.1) is 0 Å². The van der Waals surface area contributed by atoms with E-state index in [0.717, 1.165) is 32.2 Å². The summed E-state index contributed by atoms with van der Waals surface area (Å²) in [6.45, 7) is 6.59. The molecule has 0 N–H and O–H groups in total. The van der Waals surface area contributed by atoms with E-state index in [9.17, 15) is 4.79 Å². The Labute approximate surface area is 101 Å². The van der Waals surface area contributed by atoms with Crippen LogP contribution >= 0.6 is 0 Å². The minimum absolute atomic E-state index is 0.244. The van der Waals surface area contributed by atoms with E-state index in [1.54, 1.807) is 0 Å². The van der Waals surface area contributed by atoms with Crippen molar-refractivity contribution >= 4 is 6.29 Å². The lowest BCUT2D eigenvalue weighted by Gasteiger charge is -2.33. The summed E-state index contributed by atoms with van der Waals surface area (Å²) < 4.78 is 5.21. The molecule has 0 aromatic carbocycles. The summed E-state index contributed by atoms with van der Waals surface area (Å²) in [6, 6.07) is 0.601. The summed E-state index contributed by atoms with van der Waals surface area (Å²) >= 11 is 0. The van der Waals surface area contributed by atoms with Crippen LogP contribution in [-0.4, -0.2) is 40.5 Å². The predicted molar refractivity (Wildman–Crippen MR) is 62.8 cm³/mol. The number of hydrogen-bond acceptors (Lipinski definition) is 5. The molecule has 0 aliphatic carbocycles. The van der Waals surface area contributed by atoms with Crippen LogP contribution in [0.15, 0.2) is 4.52 Å². The standard InChI is InChI=1S/C12H19N3O2/c1-9(2)15-6-3-10(4-7-15)12-13-11(5-8-16)14-17-12/h8-10H,3-7H2,1-2H3. The molecule has 1 aromatic rings. The van der Waals surface area contributed by atoms with Crippen LogP contribution < -0.4 is 0 Å². The first-order valence-corrected chi connectivity index (χ1v) is 6.21. The fourth-order valence-corrected chi connectivity index (χ4v) is 2.25. The Hall–Kier alpha value is -1.23. The number of aldehydes is 1. The van der Waals surface area contributed by atoms with Crippen molar-refractivity contribution in [2.75, 3.05) is 13.1 Å². The largest absolute Gasteiger partial charge is 0.339 e. The Morgan fingerprint density at radius 1 is 1.47 bits per heavy atom. The van der Waals surface area contributed by atoms with Crippen molar-refractivity contribution in [1.29, 1.82) is 0 Å². The topological polar surface area (TPSA) is 59.2 Å². The predicted octanol–water partition coefficient (Wildman–Crippen LogP) is 1.40. The summed E-state index contributed by atoms with van der Waals surface area (Å²) in [4.78, 5) is 17.1. The van der Waals surface area contributed by atoms with Gasteiger partial charge in [0.1, 0.15) is 6.29 Å². The molecule has 2 heterocycles. The lowest BCUT2D eigenvalue weighted by molar-refractivity contribution is -0.107. The molecule has 1 aliphatic rings. The van der Waals surface area contributed by atoms with Gasteiger partial charge in [0.15, 0.2) is 5.82 Å². The first-order chi connectivity index (χ1) is 8.20. The van der Waals surface area contributed by atoms with Gasteiger partial charge in [-0.25, -0.2) is 0 Å². The van der Waals surface area contributed by atoms with E-state index in [0.29, 0.717) is 23.7 Å². The van der Waals surface area contributed by atoms with Crippen LogP contribution in [0.4, 0.5) is 0 Å². The number of likely N-dealkylation sites (tertiary alicyclic amines) is 1. The highest BCUT2D eigenvalue weighted by Crippen LogP contribution is 2.27. The summed E-state index contributed by atoms with van der Waals surface area (Å²) in [5.41, 5.74) is 0. The minimum Gasteiger partial charge on any atom is -0.339 e. The van der Waals surface area contributed by atoms with E-state index in [2.05, 4.69) is 28.9 Å². The second-order valence-corrected chi connectivity index (χ2v) is 4.82. The van der Waals surface area contributed by atoms with Crippen molar-refractivity contribution in [3.05, 3.63) is 11.7 Å². The van der Waals surface area contributed by atoms with Gasteiger partial charge in [-0.05, 0) is 39.8 Å². The lowest BCUT2D eigenvalue weighted by atomic mass is 9.96. The van der Waals surface area contributed by atoms with Gasteiger partial charge >= 0.3 is 0 Å². The molecule has 0 bridgehead atoms. The van der Waals surface area contributed by atoms with Gasteiger partial charge in [-0.1, -0.05) is 5.16 Å². The fourth-order valence-electron chi connectivity index (χ4n) is 2.25. The molecule has 0 radical (unpaired) electrons. The second kappa shape index (κ2) is 5.40. The van der Waals surface area contributed by atoms with Crippen molar-refractivity contribution in [1.82, 2.24) is 15.0 Å². The molecule has 17 heavy (non-hydrogen) atoms. The maximum atomic E-state index is 10.3. The third-order valence-electron chi connectivity index (χ3n) is 3.36. The molecule has 0 saturated carbocycles. The second-order valence-electron chi connectivity index (χ2n) is 4.82. The summed E-state index contributed by atoms with van der Waals surface area (Å²) in [7, 11) is 0. The summed E-state index contributed by atoms with van der Waals surface area (Å²) in [6.07, 6.45) is 3.16.